The summed E-state index contributed by atoms with van der Waals surface area (Å²) >= 11 is 0. The van der Waals surface area contributed by atoms with Crippen LogP contribution in [0, 0.1) is 0 Å². The lowest BCUT2D eigenvalue weighted by Gasteiger charge is -2.14. The minimum absolute atomic E-state index is 0.145. The highest BCUT2D eigenvalue weighted by Gasteiger charge is 2.15. The van der Waals surface area contributed by atoms with Gasteiger partial charge in [-0.05, 0) is 49.7 Å². The van der Waals surface area contributed by atoms with Crippen LogP contribution in [0.1, 0.15) is 42.4 Å². The van der Waals surface area contributed by atoms with Crippen LogP contribution in [0.15, 0.2) is 108 Å². The number of ether oxygens (including phenoxy) is 1. The molecule has 0 bridgehead atoms. The number of alkyl halides is 2. The number of fused-ring (bicyclic) bond motifs is 1. The van der Waals surface area contributed by atoms with Gasteiger partial charge in [-0.1, -0.05) is 72.8 Å². The predicted molar refractivity (Wildman–Crippen MR) is 144 cm³/mol. The molecule has 0 aliphatic rings. The predicted octanol–water partition coefficient (Wildman–Crippen LogP) is 7.98. The topological polar surface area (TPSA) is 39.4 Å². The highest BCUT2D eigenvalue weighted by molar-refractivity contribution is 6.14. The molecule has 6 heteroatoms. The maximum absolute atomic E-state index is 12.5. The normalized spacial score (nSPS) is 11.3. The number of nitrogens with zero attached hydrogens (tertiary/aromatic N) is 3. The Kier molecular flexibility index (Phi) is 7.08. The summed E-state index contributed by atoms with van der Waals surface area (Å²) in [6.07, 6.45) is 0.569. The lowest BCUT2D eigenvalue weighted by atomic mass is 10.0. The number of rotatable bonds is 8. The van der Waals surface area contributed by atoms with Gasteiger partial charge in [-0.15, -0.1) is 0 Å². The van der Waals surface area contributed by atoms with Crippen molar-refractivity contribution in [2.45, 2.75) is 32.9 Å². The number of hydrogen-bond donors (Lipinski definition) is 0. The zero-order chi connectivity index (χ0) is 25.8. The number of halogens is 2. The number of imidazole rings is 1. The molecular formula is C31H27F2N3O. The van der Waals surface area contributed by atoms with Gasteiger partial charge in [0.1, 0.15) is 11.6 Å². The van der Waals surface area contributed by atoms with Crippen molar-refractivity contribution >= 4 is 22.4 Å². The van der Waals surface area contributed by atoms with Crippen LogP contribution in [0.25, 0.3) is 11.0 Å². The van der Waals surface area contributed by atoms with Gasteiger partial charge in [0.15, 0.2) is 0 Å². The third-order valence-electron chi connectivity index (χ3n) is 6.11. The third kappa shape index (κ3) is 5.59. The molecule has 0 atom stereocenters. The van der Waals surface area contributed by atoms with Gasteiger partial charge >= 0.3 is 6.61 Å². The molecule has 0 N–H and O–H groups in total. The molecule has 37 heavy (non-hydrogen) atoms. The van der Waals surface area contributed by atoms with Gasteiger partial charge in [0.25, 0.3) is 0 Å². The second-order valence-electron chi connectivity index (χ2n) is 9.06. The second kappa shape index (κ2) is 10.7. The van der Waals surface area contributed by atoms with Crippen molar-refractivity contribution in [1.29, 1.82) is 0 Å². The average molecular weight is 496 g/mol. The van der Waals surface area contributed by atoms with Gasteiger partial charge < -0.3 is 9.30 Å². The molecular weight excluding hydrogens is 468 g/mol. The second-order valence-corrected chi connectivity index (χ2v) is 9.06. The van der Waals surface area contributed by atoms with E-state index in [4.69, 9.17) is 9.98 Å². The highest BCUT2D eigenvalue weighted by atomic mass is 19.3. The lowest BCUT2D eigenvalue weighted by molar-refractivity contribution is -0.0498. The number of hydrogen-bond acceptors (Lipinski definition) is 3. The van der Waals surface area contributed by atoms with E-state index in [0.29, 0.717) is 6.42 Å². The monoisotopic (exact) mass is 495 g/mol. The Morgan fingerprint density at radius 2 is 1.46 bits per heavy atom. The summed E-state index contributed by atoms with van der Waals surface area (Å²) in [5, 5.41) is 0. The van der Waals surface area contributed by atoms with E-state index in [1.165, 1.54) is 0 Å². The molecule has 0 fully saturated rings. The van der Waals surface area contributed by atoms with Crippen LogP contribution < -0.4 is 4.74 Å². The Morgan fingerprint density at radius 1 is 0.838 bits per heavy atom. The van der Waals surface area contributed by atoms with Gasteiger partial charge in [-0.25, -0.2) is 9.98 Å². The van der Waals surface area contributed by atoms with Crippen molar-refractivity contribution in [3.8, 4) is 5.75 Å². The fourth-order valence-corrected chi connectivity index (χ4v) is 4.49. The van der Waals surface area contributed by atoms with E-state index in [9.17, 15) is 8.78 Å². The van der Waals surface area contributed by atoms with E-state index in [0.717, 1.165) is 44.9 Å². The zero-order valence-electron chi connectivity index (χ0n) is 20.7. The molecule has 0 amide bonds. The first-order valence-corrected chi connectivity index (χ1v) is 12.2. The summed E-state index contributed by atoms with van der Waals surface area (Å²) in [7, 11) is 0. The Hall–Kier alpha value is -4.32. The molecule has 0 unspecified atom stereocenters. The summed E-state index contributed by atoms with van der Waals surface area (Å²) in [6, 6.07) is 33.3. The van der Waals surface area contributed by atoms with E-state index in [1.54, 1.807) is 24.3 Å². The van der Waals surface area contributed by atoms with Gasteiger partial charge in [-0.3, -0.25) is 0 Å². The van der Waals surface area contributed by atoms with E-state index >= 15 is 0 Å². The molecule has 1 heterocycles. The quantitative estimate of drug-likeness (QED) is 0.205. The molecule has 186 valence electrons. The van der Waals surface area contributed by atoms with Crippen LogP contribution in [0.3, 0.4) is 0 Å². The first-order valence-electron chi connectivity index (χ1n) is 12.2. The molecule has 5 aromatic rings. The molecule has 0 aliphatic carbocycles. The third-order valence-corrected chi connectivity index (χ3v) is 6.11. The van der Waals surface area contributed by atoms with Gasteiger partial charge in [0, 0.05) is 23.6 Å². The van der Waals surface area contributed by atoms with E-state index in [-0.39, 0.29) is 11.8 Å². The molecule has 4 aromatic carbocycles. The van der Waals surface area contributed by atoms with Gasteiger partial charge in [-0.2, -0.15) is 8.78 Å². The van der Waals surface area contributed by atoms with Crippen LogP contribution in [-0.2, 0) is 6.42 Å². The van der Waals surface area contributed by atoms with Gasteiger partial charge in [0.05, 0.1) is 22.4 Å². The van der Waals surface area contributed by atoms with E-state index < -0.39 is 6.61 Å². The largest absolute Gasteiger partial charge is 0.435 e. The smallest absolute Gasteiger partial charge is 0.387 e. The molecule has 0 saturated carbocycles. The van der Waals surface area contributed by atoms with Crippen molar-refractivity contribution in [2.75, 3.05) is 0 Å². The molecule has 4 nitrogen and oxygen atoms in total. The summed E-state index contributed by atoms with van der Waals surface area (Å²) in [4.78, 5) is 9.98. The van der Waals surface area contributed by atoms with E-state index in [1.807, 2.05) is 48.5 Å². The maximum Gasteiger partial charge on any atom is 0.387 e. The Balaban J connectivity index is 1.53. The Bertz CT molecular complexity index is 1470. The summed E-state index contributed by atoms with van der Waals surface area (Å²) < 4.78 is 31.7. The minimum Gasteiger partial charge on any atom is -0.435 e. The fourth-order valence-electron chi connectivity index (χ4n) is 4.49. The summed E-state index contributed by atoms with van der Waals surface area (Å²) in [5.41, 5.74) is 6.70. The van der Waals surface area contributed by atoms with Crippen molar-refractivity contribution in [2.24, 2.45) is 4.99 Å². The van der Waals surface area contributed by atoms with Gasteiger partial charge in [0.2, 0.25) is 0 Å². The van der Waals surface area contributed by atoms with Crippen molar-refractivity contribution in [3.63, 3.8) is 0 Å². The van der Waals surface area contributed by atoms with Crippen LogP contribution in [0.4, 0.5) is 14.5 Å². The molecule has 1 aromatic heterocycles. The fraction of sp³-hybridized carbons (Fsp3) is 0.161. The van der Waals surface area contributed by atoms with Crippen molar-refractivity contribution < 1.29 is 13.5 Å². The van der Waals surface area contributed by atoms with Crippen molar-refractivity contribution in [1.82, 2.24) is 9.55 Å². The minimum atomic E-state index is -2.84. The molecule has 0 spiro atoms. The molecule has 0 aliphatic heterocycles. The highest BCUT2D eigenvalue weighted by Crippen LogP contribution is 2.28. The van der Waals surface area contributed by atoms with Crippen molar-refractivity contribution in [3.05, 3.63) is 126 Å². The van der Waals surface area contributed by atoms with Crippen LogP contribution >= 0.6 is 0 Å². The lowest BCUT2D eigenvalue weighted by Crippen LogP contribution is -2.07. The summed E-state index contributed by atoms with van der Waals surface area (Å²) in [6.45, 7) is 1.41. The first kappa shape index (κ1) is 24.4. The number of aromatic nitrogens is 2. The first-order chi connectivity index (χ1) is 18.0. The molecule has 5 rings (SSSR count). The average Bonchev–Trinajstić information content (AvgIpc) is 3.26. The molecule has 0 radical (unpaired) electrons. The van der Waals surface area contributed by atoms with Crippen LogP contribution in [-0.4, -0.2) is 21.9 Å². The molecule has 0 saturated heterocycles. The zero-order valence-corrected chi connectivity index (χ0v) is 20.7. The van der Waals surface area contributed by atoms with Crippen LogP contribution in [0.5, 0.6) is 5.75 Å². The SMILES string of the molecule is CC(C)n1c(Cc2ccc(OC(F)F)cc2)nc2ccc(N=C(c3ccccc3)c3ccccc3)cc21. The number of aliphatic imine (C=N–C) groups is 1. The number of benzene rings is 4. The Labute approximate surface area is 214 Å². The van der Waals surface area contributed by atoms with E-state index in [2.05, 4.69) is 53.5 Å². The Morgan fingerprint density at radius 3 is 2.03 bits per heavy atom. The standard InChI is InChI=1S/C31H27F2N3O/c1-21(2)36-28-20-25(34-30(23-9-5-3-6-10-23)24-11-7-4-8-12-24)15-18-27(28)35-29(36)19-22-13-16-26(17-14-22)37-31(32)33/h3-18,20-21,31H,19H2,1-2H3. The summed E-state index contributed by atoms with van der Waals surface area (Å²) in [5.74, 6) is 1.05. The maximum atomic E-state index is 12.5. The van der Waals surface area contributed by atoms with Crippen LogP contribution in [0.2, 0.25) is 0 Å².